The van der Waals surface area contributed by atoms with Crippen LogP contribution in [0.5, 0.6) is 5.75 Å². The maximum absolute atomic E-state index is 12.2. The number of aliphatic hydroxyl groups excluding tert-OH is 1. The van der Waals surface area contributed by atoms with Crippen molar-refractivity contribution in [2.24, 2.45) is 0 Å². The van der Waals surface area contributed by atoms with Crippen molar-refractivity contribution in [1.82, 2.24) is 0 Å². The van der Waals surface area contributed by atoms with Crippen molar-refractivity contribution in [1.29, 1.82) is 0 Å². The smallest absolute Gasteiger partial charge is 0.269 e. The van der Waals surface area contributed by atoms with Crippen LogP contribution in [0.3, 0.4) is 0 Å². The van der Waals surface area contributed by atoms with E-state index >= 15 is 0 Å². The van der Waals surface area contributed by atoms with Gasteiger partial charge in [-0.2, -0.15) is 0 Å². The van der Waals surface area contributed by atoms with Crippen LogP contribution < -0.4 is 4.74 Å². The Bertz CT molecular complexity index is 759. The first-order chi connectivity index (χ1) is 10.5. The lowest BCUT2D eigenvalue weighted by Gasteiger charge is -2.29. The molecule has 0 bridgehead atoms. The molecule has 1 aliphatic rings. The van der Waals surface area contributed by atoms with E-state index in [2.05, 4.69) is 15.9 Å². The van der Waals surface area contributed by atoms with Gasteiger partial charge in [0.2, 0.25) is 0 Å². The summed E-state index contributed by atoms with van der Waals surface area (Å²) in [7, 11) is 0. The predicted octanol–water partition coefficient (Wildman–Crippen LogP) is 3.03. The molecule has 2 aromatic rings. The van der Waals surface area contributed by atoms with Crippen molar-refractivity contribution in [2.75, 3.05) is 0 Å². The first-order valence-corrected chi connectivity index (χ1v) is 7.19. The maximum Gasteiger partial charge on any atom is 0.269 e. The van der Waals surface area contributed by atoms with E-state index < -0.39 is 22.9 Å². The van der Waals surface area contributed by atoms with E-state index in [1.807, 2.05) is 0 Å². The minimum Gasteiger partial charge on any atom is -0.482 e. The van der Waals surface area contributed by atoms with Gasteiger partial charge in [0.1, 0.15) is 5.75 Å². The summed E-state index contributed by atoms with van der Waals surface area (Å²) in [4.78, 5) is 22.4. The third kappa shape index (κ3) is 2.49. The highest BCUT2D eigenvalue weighted by atomic mass is 79.9. The van der Waals surface area contributed by atoms with Crippen LogP contribution in [0.1, 0.15) is 22.0 Å². The summed E-state index contributed by atoms with van der Waals surface area (Å²) in [6, 6.07) is 10.5. The number of carbonyl (C=O) groups is 1. The average molecular weight is 364 g/mol. The maximum atomic E-state index is 12.2. The standard InChI is InChI=1S/C15H10BrNO5/c16-9-3-6-11-12(7-9)22-15(14(19)13(11)18)8-1-4-10(5-2-8)17(20)21/h1-7,14-15,19H/t14-,15+/m0/s1. The number of non-ortho nitro benzene ring substituents is 1. The highest BCUT2D eigenvalue weighted by molar-refractivity contribution is 9.10. The molecule has 7 heteroatoms. The Kier molecular flexibility index (Phi) is 3.67. The quantitative estimate of drug-likeness (QED) is 0.654. The van der Waals surface area contributed by atoms with E-state index in [9.17, 15) is 20.0 Å². The molecule has 0 unspecified atom stereocenters. The number of hydrogen-bond acceptors (Lipinski definition) is 5. The Balaban J connectivity index is 1.98. The summed E-state index contributed by atoms with van der Waals surface area (Å²) >= 11 is 3.30. The fraction of sp³-hybridized carbons (Fsp3) is 0.133. The summed E-state index contributed by atoms with van der Waals surface area (Å²) < 4.78 is 6.46. The summed E-state index contributed by atoms with van der Waals surface area (Å²) in [6.45, 7) is 0. The fourth-order valence-electron chi connectivity index (χ4n) is 2.33. The monoisotopic (exact) mass is 363 g/mol. The number of aliphatic hydroxyl groups is 1. The Morgan fingerprint density at radius 2 is 1.86 bits per heavy atom. The van der Waals surface area contributed by atoms with Gasteiger partial charge in [-0.1, -0.05) is 15.9 Å². The fourth-order valence-corrected chi connectivity index (χ4v) is 2.67. The number of benzene rings is 2. The van der Waals surface area contributed by atoms with Crippen LogP contribution in [0.4, 0.5) is 5.69 Å². The number of fused-ring (bicyclic) bond motifs is 1. The molecule has 22 heavy (non-hydrogen) atoms. The van der Waals surface area contributed by atoms with E-state index in [0.717, 1.165) is 4.47 Å². The first kappa shape index (κ1) is 14.7. The van der Waals surface area contributed by atoms with Crippen LogP contribution >= 0.6 is 15.9 Å². The van der Waals surface area contributed by atoms with E-state index in [1.54, 1.807) is 18.2 Å². The lowest BCUT2D eigenvalue weighted by Crippen LogP contribution is -2.36. The number of ketones is 1. The number of nitro benzene ring substituents is 1. The number of nitro groups is 1. The van der Waals surface area contributed by atoms with Crippen LogP contribution in [-0.2, 0) is 0 Å². The number of carbonyl (C=O) groups excluding carboxylic acids is 1. The van der Waals surface area contributed by atoms with E-state index in [4.69, 9.17) is 4.74 Å². The zero-order valence-electron chi connectivity index (χ0n) is 11.1. The van der Waals surface area contributed by atoms with Crippen LogP contribution in [0, 0.1) is 10.1 Å². The molecule has 112 valence electrons. The number of rotatable bonds is 2. The van der Waals surface area contributed by atoms with Crippen molar-refractivity contribution in [2.45, 2.75) is 12.2 Å². The van der Waals surface area contributed by atoms with Crippen LogP contribution in [-0.4, -0.2) is 21.9 Å². The molecule has 0 saturated heterocycles. The van der Waals surface area contributed by atoms with E-state index in [0.29, 0.717) is 16.9 Å². The normalized spacial score (nSPS) is 20.2. The van der Waals surface area contributed by atoms with Gasteiger partial charge in [0, 0.05) is 16.6 Å². The van der Waals surface area contributed by atoms with Gasteiger partial charge >= 0.3 is 0 Å². The minimum absolute atomic E-state index is 0.0662. The Morgan fingerprint density at radius 1 is 1.18 bits per heavy atom. The summed E-state index contributed by atoms with van der Waals surface area (Å²) in [5.41, 5.74) is 0.745. The van der Waals surface area contributed by atoms with Gasteiger partial charge in [0.25, 0.3) is 5.69 Å². The van der Waals surface area contributed by atoms with Crippen molar-refractivity contribution in [3.63, 3.8) is 0 Å². The molecule has 0 aliphatic carbocycles. The van der Waals surface area contributed by atoms with Gasteiger partial charge in [-0.25, -0.2) is 0 Å². The molecule has 1 aliphatic heterocycles. The highest BCUT2D eigenvalue weighted by Crippen LogP contribution is 2.37. The zero-order chi connectivity index (χ0) is 15.9. The molecular weight excluding hydrogens is 354 g/mol. The molecule has 0 radical (unpaired) electrons. The predicted molar refractivity (Wildman–Crippen MR) is 80.9 cm³/mol. The molecular formula is C15H10BrNO5. The first-order valence-electron chi connectivity index (χ1n) is 6.40. The van der Waals surface area contributed by atoms with Gasteiger partial charge in [-0.3, -0.25) is 14.9 Å². The van der Waals surface area contributed by atoms with E-state index in [-0.39, 0.29) is 5.69 Å². The molecule has 1 N–H and O–H groups in total. The van der Waals surface area contributed by atoms with Crippen molar-refractivity contribution < 1.29 is 19.6 Å². The molecule has 1 heterocycles. The minimum atomic E-state index is -1.35. The molecule has 0 fully saturated rings. The third-order valence-corrected chi connectivity index (χ3v) is 3.94. The number of hydrogen-bond donors (Lipinski definition) is 1. The van der Waals surface area contributed by atoms with Crippen LogP contribution in [0.15, 0.2) is 46.9 Å². The third-order valence-electron chi connectivity index (χ3n) is 3.45. The SMILES string of the molecule is O=C1c2ccc(Br)cc2O[C@H](c2ccc([N+](=O)[O-])cc2)[C@H]1O. The highest BCUT2D eigenvalue weighted by Gasteiger charge is 2.37. The second-order valence-corrected chi connectivity index (χ2v) is 5.75. The number of nitrogens with zero attached hydrogens (tertiary/aromatic N) is 1. The van der Waals surface area contributed by atoms with Crippen LogP contribution in [0.2, 0.25) is 0 Å². The molecule has 0 spiro atoms. The summed E-state index contributed by atoms with van der Waals surface area (Å²) in [5.74, 6) is -0.0647. The topological polar surface area (TPSA) is 89.7 Å². The number of ether oxygens (including phenoxy) is 1. The summed E-state index contributed by atoms with van der Waals surface area (Å²) in [6.07, 6.45) is -2.25. The molecule has 2 aromatic carbocycles. The molecule has 0 amide bonds. The van der Waals surface area contributed by atoms with Gasteiger partial charge in [0.15, 0.2) is 18.0 Å². The molecule has 3 rings (SSSR count). The number of halogens is 1. The second kappa shape index (κ2) is 5.51. The van der Waals surface area contributed by atoms with Gasteiger partial charge < -0.3 is 9.84 Å². The summed E-state index contributed by atoms with van der Waals surface area (Å²) in [5, 5.41) is 20.8. The second-order valence-electron chi connectivity index (χ2n) is 4.84. The lowest BCUT2D eigenvalue weighted by molar-refractivity contribution is -0.384. The van der Waals surface area contributed by atoms with Gasteiger partial charge in [0.05, 0.1) is 10.5 Å². The van der Waals surface area contributed by atoms with Crippen molar-refractivity contribution >= 4 is 27.4 Å². The average Bonchev–Trinajstić information content (AvgIpc) is 2.51. The molecule has 2 atom stereocenters. The van der Waals surface area contributed by atoms with Gasteiger partial charge in [-0.15, -0.1) is 0 Å². The van der Waals surface area contributed by atoms with Crippen molar-refractivity contribution in [3.8, 4) is 5.75 Å². The largest absolute Gasteiger partial charge is 0.482 e. The Labute approximate surface area is 133 Å². The van der Waals surface area contributed by atoms with Gasteiger partial charge in [-0.05, 0) is 35.9 Å². The van der Waals surface area contributed by atoms with E-state index in [1.165, 1.54) is 24.3 Å². The Morgan fingerprint density at radius 3 is 2.50 bits per heavy atom. The van der Waals surface area contributed by atoms with Crippen LogP contribution in [0.25, 0.3) is 0 Å². The molecule has 0 aromatic heterocycles. The Hall–Kier alpha value is -2.25. The zero-order valence-corrected chi connectivity index (χ0v) is 12.7. The lowest BCUT2D eigenvalue weighted by atomic mass is 9.93. The van der Waals surface area contributed by atoms with Crippen molar-refractivity contribution in [3.05, 3.63) is 68.2 Å². The molecule has 6 nitrogen and oxygen atoms in total. The number of Topliss-reactive ketones (excluding diaryl/α,β-unsaturated/α-hetero) is 1. The molecule has 0 saturated carbocycles.